The van der Waals surface area contributed by atoms with Crippen molar-refractivity contribution in [2.24, 2.45) is 10.9 Å². The number of rotatable bonds is 5. The Kier molecular flexibility index (Phi) is 5.55. The first kappa shape index (κ1) is 16.0. The minimum absolute atomic E-state index is 0.185. The lowest BCUT2D eigenvalue weighted by atomic mass is 10.1. The van der Waals surface area contributed by atoms with E-state index in [0.29, 0.717) is 22.2 Å². The molecule has 0 aromatic heterocycles. The Morgan fingerprint density at radius 1 is 1.18 bits per heavy atom. The van der Waals surface area contributed by atoms with Crippen molar-refractivity contribution in [3.8, 4) is 5.75 Å². The predicted octanol–water partition coefficient (Wildman–Crippen LogP) is 3.13. The number of nitrogens with two attached hydrogens (primary N) is 1. The van der Waals surface area contributed by atoms with Gasteiger partial charge in [0, 0.05) is 16.5 Å². The normalized spacial score (nSPS) is 11.1. The Morgan fingerprint density at radius 2 is 1.86 bits per heavy atom. The van der Waals surface area contributed by atoms with E-state index >= 15 is 0 Å². The molecule has 0 aliphatic rings. The number of methoxy groups -OCH3 is 1. The quantitative estimate of drug-likeness (QED) is 0.383. The molecule has 0 fully saturated rings. The second-order valence-electron chi connectivity index (χ2n) is 4.43. The number of benzene rings is 2. The van der Waals surface area contributed by atoms with Crippen molar-refractivity contribution < 1.29 is 14.4 Å². The summed E-state index contributed by atoms with van der Waals surface area (Å²) >= 11 is 3.28. The van der Waals surface area contributed by atoms with Crippen LogP contribution in [0.2, 0.25) is 0 Å². The molecule has 2 rings (SSSR count). The zero-order valence-corrected chi connectivity index (χ0v) is 13.5. The first-order chi connectivity index (χ1) is 10.6. The van der Waals surface area contributed by atoms with E-state index in [0.717, 1.165) is 5.56 Å². The van der Waals surface area contributed by atoms with Crippen LogP contribution in [0.5, 0.6) is 5.75 Å². The summed E-state index contributed by atoms with van der Waals surface area (Å²) in [5.74, 6) is 0.318. The molecule has 0 atom stereocenters. The van der Waals surface area contributed by atoms with Crippen LogP contribution in [-0.2, 0) is 11.3 Å². The largest absolute Gasteiger partial charge is 0.496 e. The van der Waals surface area contributed by atoms with Crippen LogP contribution in [0, 0.1) is 0 Å². The lowest BCUT2D eigenvalue weighted by Crippen LogP contribution is -2.17. The Hall–Kier alpha value is -2.34. The van der Waals surface area contributed by atoms with Crippen LogP contribution < -0.4 is 10.5 Å². The summed E-state index contributed by atoms with van der Waals surface area (Å²) in [5.41, 5.74) is 7.05. The molecule has 5 nitrogen and oxygen atoms in total. The van der Waals surface area contributed by atoms with Gasteiger partial charge in [0.05, 0.1) is 12.7 Å². The van der Waals surface area contributed by atoms with Crippen molar-refractivity contribution in [3.63, 3.8) is 0 Å². The molecule has 6 heteroatoms. The number of hydrogen-bond donors (Lipinski definition) is 1. The smallest absolute Gasteiger partial charge is 0.366 e. The van der Waals surface area contributed by atoms with Gasteiger partial charge in [-0.1, -0.05) is 35.5 Å². The van der Waals surface area contributed by atoms with Crippen LogP contribution >= 0.6 is 15.9 Å². The maximum absolute atomic E-state index is 11.9. The van der Waals surface area contributed by atoms with Crippen LogP contribution in [0.15, 0.2) is 58.2 Å². The van der Waals surface area contributed by atoms with Crippen molar-refractivity contribution in [2.45, 2.75) is 6.42 Å². The maximum atomic E-state index is 11.9. The molecule has 0 aliphatic carbocycles. The molecule has 2 N–H and O–H groups in total. The van der Waals surface area contributed by atoms with Crippen LogP contribution in [0.3, 0.4) is 0 Å². The molecule has 0 bridgehead atoms. The third-order valence-electron chi connectivity index (χ3n) is 2.90. The van der Waals surface area contributed by atoms with Crippen LogP contribution in [0.1, 0.15) is 15.9 Å². The first-order valence-electron chi connectivity index (χ1n) is 6.52. The predicted molar refractivity (Wildman–Crippen MR) is 87.9 cm³/mol. The molecule has 2 aromatic rings. The van der Waals surface area contributed by atoms with E-state index in [-0.39, 0.29) is 5.84 Å². The molecule has 0 saturated heterocycles. The number of hydrogen-bond acceptors (Lipinski definition) is 4. The molecular weight excluding hydrogens is 348 g/mol. The third-order valence-corrected chi connectivity index (χ3v) is 3.60. The second kappa shape index (κ2) is 7.61. The molecule has 0 aliphatic heterocycles. The van der Waals surface area contributed by atoms with E-state index in [2.05, 4.69) is 21.1 Å². The number of amidine groups is 1. The number of para-hydroxylation sites is 1. The van der Waals surface area contributed by atoms with Crippen molar-refractivity contribution in [1.29, 1.82) is 0 Å². The molecule has 114 valence electrons. The lowest BCUT2D eigenvalue weighted by molar-refractivity contribution is 0.0514. The van der Waals surface area contributed by atoms with Gasteiger partial charge in [0.15, 0.2) is 0 Å². The molecule has 0 amide bonds. The van der Waals surface area contributed by atoms with E-state index in [4.69, 9.17) is 15.3 Å². The van der Waals surface area contributed by atoms with E-state index in [1.165, 1.54) is 0 Å². The SMILES string of the molecule is COc1ccccc1C/C(N)=N/OC(=O)c1ccccc1Br. The van der Waals surface area contributed by atoms with E-state index in [1.54, 1.807) is 31.4 Å². The fourth-order valence-corrected chi connectivity index (χ4v) is 2.30. The van der Waals surface area contributed by atoms with Crippen molar-refractivity contribution in [3.05, 3.63) is 64.1 Å². The van der Waals surface area contributed by atoms with Crippen LogP contribution in [0.4, 0.5) is 0 Å². The molecule has 0 spiro atoms. The van der Waals surface area contributed by atoms with Gasteiger partial charge in [0.1, 0.15) is 11.6 Å². The van der Waals surface area contributed by atoms with Gasteiger partial charge in [-0.3, -0.25) is 0 Å². The minimum Gasteiger partial charge on any atom is -0.496 e. The molecule has 22 heavy (non-hydrogen) atoms. The van der Waals surface area contributed by atoms with Gasteiger partial charge in [0.2, 0.25) is 0 Å². The summed E-state index contributed by atoms with van der Waals surface area (Å²) in [5, 5.41) is 3.68. The van der Waals surface area contributed by atoms with Gasteiger partial charge in [-0.05, 0) is 34.1 Å². The van der Waals surface area contributed by atoms with Gasteiger partial charge in [-0.25, -0.2) is 4.79 Å². The number of ether oxygens (including phenoxy) is 1. The summed E-state index contributed by atoms with van der Waals surface area (Å²) in [6.45, 7) is 0. The van der Waals surface area contributed by atoms with Crippen molar-refractivity contribution in [2.75, 3.05) is 7.11 Å². The average molecular weight is 363 g/mol. The van der Waals surface area contributed by atoms with E-state index in [1.807, 2.05) is 24.3 Å². The topological polar surface area (TPSA) is 73.9 Å². The van der Waals surface area contributed by atoms with Gasteiger partial charge in [-0.2, -0.15) is 0 Å². The van der Waals surface area contributed by atoms with Gasteiger partial charge in [0.25, 0.3) is 0 Å². The third kappa shape index (κ3) is 4.08. The van der Waals surface area contributed by atoms with Crippen molar-refractivity contribution in [1.82, 2.24) is 0 Å². The summed E-state index contributed by atoms with van der Waals surface area (Å²) in [4.78, 5) is 16.8. The summed E-state index contributed by atoms with van der Waals surface area (Å²) in [6.07, 6.45) is 0.327. The highest BCUT2D eigenvalue weighted by molar-refractivity contribution is 9.10. The highest BCUT2D eigenvalue weighted by Gasteiger charge is 2.11. The van der Waals surface area contributed by atoms with E-state index in [9.17, 15) is 4.79 Å². The molecule has 0 heterocycles. The monoisotopic (exact) mass is 362 g/mol. The number of carbonyl (C=O) groups excluding carboxylic acids is 1. The molecule has 0 unspecified atom stereocenters. The highest BCUT2D eigenvalue weighted by atomic mass is 79.9. The zero-order valence-electron chi connectivity index (χ0n) is 12.0. The summed E-state index contributed by atoms with van der Waals surface area (Å²) in [6, 6.07) is 14.4. The minimum atomic E-state index is -0.574. The average Bonchev–Trinajstić information content (AvgIpc) is 2.53. The maximum Gasteiger partial charge on any atom is 0.366 e. The Morgan fingerprint density at radius 3 is 2.59 bits per heavy atom. The van der Waals surface area contributed by atoms with Crippen LogP contribution in [-0.4, -0.2) is 18.9 Å². The second-order valence-corrected chi connectivity index (χ2v) is 5.28. The van der Waals surface area contributed by atoms with Crippen molar-refractivity contribution >= 4 is 27.7 Å². The highest BCUT2D eigenvalue weighted by Crippen LogP contribution is 2.18. The number of halogens is 1. The Labute approximate surface area is 136 Å². The molecule has 0 saturated carbocycles. The number of nitrogens with zero attached hydrogens (tertiary/aromatic N) is 1. The zero-order chi connectivity index (χ0) is 15.9. The number of carbonyl (C=O) groups is 1. The number of oxime groups is 1. The standard InChI is InChI=1S/C16H15BrN2O3/c1-21-14-9-5-2-6-11(14)10-15(18)19-22-16(20)12-7-3-4-8-13(12)17/h2-9H,10H2,1H3,(H2,18,19). The lowest BCUT2D eigenvalue weighted by Gasteiger charge is -2.07. The molecule has 0 radical (unpaired) electrons. The van der Waals surface area contributed by atoms with Gasteiger partial charge in [-0.15, -0.1) is 0 Å². The summed E-state index contributed by atoms with van der Waals surface area (Å²) < 4.78 is 5.87. The molecular formula is C16H15BrN2O3. The molecule has 2 aromatic carbocycles. The Bertz CT molecular complexity index is 701. The fraction of sp³-hybridized carbons (Fsp3) is 0.125. The van der Waals surface area contributed by atoms with Gasteiger partial charge < -0.3 is 15.3 Å². The van der Waals surface area contributed by atoms with E-state index < -0.39 is 5.97 Å². The van der Waals surface area contributed by atoms with Crippen LogP contribution in [0.25, 0.3) is 0 Å². The first-order valence-corrected chi connectivity index (χ1v) is 7.31. The van der Waals surface area contributed by atoms with Gasteiger partial charge >= 0.3 is 5.97 Å². The fourth-order valence-electron chi connectivity index (χ4n) is 1.85. The Balaban J connectivity index is 2.04. The summed E-state index contributed by atoms with van der Waals surface area (Å²) in [7, 11) is 1.58.